The molecule has 0 aromatic carbocycles. The number of aryl methyl sites for hydroxylation is 1. The number of likely N-dealkylation sites (N-methyl/N-ethyl adjacent to an activating group) is 1. The third-order valence-electron chi connectivity index (χ3n) is 3.15. The Bertz CT molecular complexity index is 318. The van der Waals surface area contributed by atoms with E-state index in [2.05, 4.69) is 44.0 Å². The molecule has 98 valence electrons. The van der Waals surface area contributed by atoms with Gasteiger partial charge in [0.1, 0.15) is 11.5 Å². The van der Waals surface area contributed by atoms with E-state index in [0.717, 1.165) is 31.2 Å². The van der Waals surface area contributed by atoms with Crippen molar-refractivity contribution in [2.75, 3.05) is 19.6 Å². The predicted molar refractivity (Wildman–Crippen MR) is 72.2 cm³/mol. The Balaban J connectivity index is 2.42. The van der Waals surface area contributed by atoms with Crippen LogP contribution in [0.3, 0.4) is 0 Å². The summed E-state index contributed by atoms with van der Waals surface area (Å²) in [5.41, 5.74) is 0. The largest absolute Gasteiger partial charge is 0.465 e. The van der Waals surface area contributed by atoms with Crippen LogP contribution in [-0.4, -0.2) is 30.6 Å². The molecule has 0 aliphatic rings. The molecule has 0 saturated carbocycles. The van der Waals surface area contributed by atoms with E-state index < -0.39 is 0 Å². The van der Waals surface area contributed by atoms with Crippen LogP contribution in [0.1, 0.15) is 45.3 Å². The predicted octanol–water partition coefficient (Wildman–Crippen LogP) is 2.97. The highest BCUT2D eigenvalue weighted by Gasteiger charge is 2.13. The zero-order valence-corrected chi connectivity index (χ0v) is 11.8. The monoisotopic (exact) mass is 238 g/mol. The summed E-state index contributed by atoms with van der Waals surface area (Å²) in [4.78, 5) is 2.43. The van der Waals surface area contributed by atoms with Crippen molar-refractivity contribution in [2.24, 2.45) is 0 Å². The molecular formula is C14H26N2O. The fourth-order valence-corrected chi connectivity index (χ4v) is 2.12. The van der Waals surface area contributed by atoms with Gasteiger partial charge >= 0.3 is 0 Å². The van der Waals surface area contributed by atoms with Crippen molar-refractivity contribution in [1.82, 2.24) is 10.2 Å². The van der Waals surface area contributed by atoms with Gasteiger partial charge in [0.25, 0.3) is 0 Å². The van der Waals surface area contributed by atoms with Gasteiger partial charge in [-0.05, 0) is 46.0 Å². The van der Waals surface area contributed by atoms with E-state index in [1.54, 1.807) is 0 Å². The van der Waals surface area contributed by atoms with Crippen molar-refractivity contribution in [1.29, 1.82) is 0 Å². The van der Waals surface area contributed by atoms with E-state index >= 15 is 0 Å². The molecule has 1 heterocycles. The zero-order valence-electron chi connectivity index (χ0n) is 11.8. The molecule has 0 saturated heterocycles. The zero-order chi connectivity index (χ0) is 12.8. The summed E-state index contributed by atoms with van der Waals surface area (Å²) < 4.78 is 5.63. The Morgan fingerprint density at radius 3 is 2.35 bits per heavy atom. The third-order valence-corrected chi connectivity index (χ3v) is 3.15. The number of nitrogens with one attached hydrogen (secondary N) is 1. The van der Waals surface area contributed by atoms with Crippen LogP contribution in [-0.2, 0) is 0 Å². The van der Waals surface area contributed by atoms with Gasteiger partial charge in [-0.25, -0.2) is 0 Å². The van der Waals surface area contributed by atoms with Crippen LogP contribution in [0.4, 0.5) is 0 Å². The van der Waals surface area contributed by atoms with Gasteiger partial charge in [0.05, 0.1) is 6.04 Å². The molecule has 3 nitrogen and oxygen atoms in total. The van der Waals surface area contributed by atoms with Gasteiger partial charge in [0.2, 0.25) is 0 Å². The van der Waals surface area contributed by atoms with E-state index in [-0.39, 0.29) is 6.04 Å². The van der Waals surface area contributed by atoms with Crippen LogP contribution in [0, 0.1) is 6.92 Å². The summed E-state index contributed by atoms with van der Waals surface area (Å²) in [6.07, 6.45) is 0. The lowest BCUT2D eigenvalue weighted by molar-refractivity contribution is 0.258. The highest BCUT2D eigenvalue weighted by molar-refractivity contribution is 5.09. The lowest BCUT2D eigenvalue weighted by Crippen LogP contribution is -2.40. The lowest BCUT2D eigenvalue weighted by atomic mass is 10.2. The average molecular weight is 238 g/mol. The second kappa shape index (κ2) is 6.82. The fraction of sp³-hybridized carbons (Fsp3) is 0.714. The lowest BCUT2D eigenvalue weighted by Gasteiger charge is -2.25. The topological polar surface area (TPSA) is 28.4 Å². The van der Waals surface area contributed by atoms with E-state index in [0.29, 0.717) is 6.04 Å². The number of rotatable bonds is 7. The van der Waals surface area contributed by atoms with Gasteiger partial charge in [-0.3, -0.25) is 0 Å². The molecule has 0 spiro atoms. The summed E-state index contributed by atoms with van der Waals surface area (Å²) in [7, 11) is 0. The van der Waals surface area contributed by atoms with Crippen LogP contribution in [0.2, 0.25) is 0 Å². The number of hydrogen-bond acceptors (Lipinski definition) is 3. The van der Waals surface area contributed by atoms with Gasteiger partial charge in [-0.1, -0.05) is 13.8 Å². The van der Waals surface area contributed by atoms with Crippen LogP contribution in [0.15, 0.2) is 16.5 Å². The quantitative estimate of drug-likeness (QED) is 0.791. The summed E-state index contributed by atoms with van der Waals surface area (Å²) in [6, 6.07) is 4.81. The van der Waals surface area contributed by atoms with Gasteiger partial charge in [-0.15, -0.1) is 0 Å². The molecule has 0 bridgehead atoms. The summed E-state index contributed by atoms with van der Waals surface area (Å²) in [5, 5.41) is 3.57. The second-order valence-electron chi connectivity index (χ2n) is 4.72. The van der Waals surface area contributed by atoms with Crippen molar-refractivity contribution < 1.29 is 4.42 Å². The first-order valence-corrected chi connectivity index (χ1v) is 6.61. The first-order chi connectivity index (χ1) is 8.06. The molecule has 1 rings (SSSR count). The fourth-order valence-electron chi connectivity index (χ4n) is 2.12. The van der Waals surface area contributed by atoms with Crippen molar-refractivity contribution in [3.8, 4) is 0 Å². The maximum Gasteiger partial charge on any atom is 0.120 e. The summed E-state index contributed by atoms with van der Waals surface area (Å²) in [5.74, 6) is 2.00. The van der Waals surface area contributed by atoms with E-state index in [4.69, 9.17) is 4.42 Å². The minimum absolute atomic E-state index is 0.272. The Kier molecular flexibility index (Phi) is 5.72. The average Bonchev–Trinajstić information content (AvgIpc) is 2.72. The Morgan fingerprint density at radius 2 is 1.88 bits per heavy atom. The van der Waals surface area contributed by atoms with E-state index in [1.165, 1.54) is 0 Å². The number of furan rings is 1. The van der Waals surface area contributed by atoms with Crippen molar-refractivity contribution in [3.05, 3.63) is 23.7 Å². The van der Waals surface area contributed by atoms with Crippen molar-refractivity contribution in [3.63, 3.8) is 0 Å². The molecule has 0 fully saturated rings. The number of nitrogens with zero attached hydrogens (tertiary/aromatic N) is 1. The maximum absolute atomic E-state index is 5.63. The van der Waals surface area contributed by atoms with Crippen LogP contribution < -0.4 is 5.32 Å². The second-order valence-corrected chi connectivity index (χ2v) is 4.72. The van der Waals surface area contributed by atoms with Gasteiger partial charge in [0.15, 0.2) is 0 Å². The molecule has 1 N–H and O–H groups in total. The van der Waals surface area contributed by atoms with Crippen LogP contribution >= 0.6 is 0 Å². The van der Waals surface area contributed by atoms with Gasteiger partial charge < -0.3 is 14.6 Å². The van der Waals surface area contributed by atoms with Crippen molar-refractivity contribution in [2.45, 2.75) is 46.7 Å². The molecule has 1 aromatic rings. The van der Waals surface area contributed by atoms with Gasteiger partial charge in [0, 0.05) is 12.6 Å². The Morgan fingerprint density at radius 1 is 1.24 bits per heavy atom. The number of hydrogen-bond donors (Lipinski definition) is 1. The SMILES string of the molecule is CCN(CC)CC(C)NC(C)c1ccc(C)o1. The molecule has 1 aromatic heterocycles. The molecule has 0 amide bonds. The molecule has 2 unspecified atom stereocenters. The van der Waals surface area contributed by atoms with Crippen LogP contribution in [0.5, 0.6) is 0 Å². The maximum atomic E-state index is 5.63. The smallest absolute Gasteiger partial charge is 0.120 e. The molecule has 0 radical (unpaired) electrons. The molecule has 17 heavy (non-hydrogen) atoms. The molecule has 0 aliphatic heterocycles. The Hall–Kier alpha value is -0.800. The Labute approximate surface area is 105 Å². The molecule has 3 heteroatoms. The normalized spacial score (nSPS) is 15.2. The van der Waals surface area contributed by atoms with E-state index in [9.17, 15) is 0 Å². The van der Waals surface area contributed by atoms with Crippen molar-refractivity contribution >= 4 is 0 Å². The molecular weight excluding hydrogens is 212 g/mol. The van der Waals surface area contributed by atoms with Crippen LogP contribution in [0.25, 0.3) is 0 Å². The first kappa shape index (κ1) is 14.3. The van der Waals surface area contributed by atoms with E-state index in [1.807, 2.05) is 13.0 Å². The third kappa shape index (κ3) is 4.52. The molecule has 2 atom stereocenters. The standard InChI is InChI=1S/C14H26N2O/c1-6-16(7-2)10-11(3)15-13(5)14-9-8-12(4)17-14/h8-9,11,13,15H,6-7,10H2,1-5H3. The minimum atomic E-state index is 0.272. The first-order valence-electron chi connectivity index (χ1n) is 6.61. The minimum Gasteiger partial charge on any atom is -0.465 e. The summed E-state index contributed by atoms with van der Waals surface area (Å²) in [6.45, 7) is 14.1. The highest BCUT2D eigenvalue weighted by atomic mass is 16.3. The summed E-state index contributed by atoms with van der Waals surface area (Å²) >= 11 is 0. The molecule has 0 aliphatic carbocycles. The van der Waals surface area contributed by atoms with Gasteiger partial charge in [-0.2, -0.15) is 0 Å². The highest BCUT2D eigenvalue weighted by Crippen LogP contribution is 2.16.